The molecule has 14 nitrogen and oxygen atoms in total. The average molecular weight is 555 g/mol. The molecular weight excluding hydrogens is 531 g/mol. The number of fused-ring (bicyclic) bond motifs is 1. The van der Waals surface area contributed by atoms with E-state index >= 15 is 4.39 Å². The van der Waals surface area contributed by atoms with Crippen molar-refractivity contribution in [1.29, 1.82) is 0 Å². The van der Waals surface area contributed by atoms with Crippen LogP contribution in [0.4, 0.5) is 15.9 Å². The van der Waals surface area contributed by atoms with Gasteiger partial charge in [-0.05, 0) is 29.3 Å². The molecule has 1 aromatic carbocycles. The van der Waals surface area contributed by atoms with Crippen LogP contribution < -0.4 is 11.1 Å². The number of aliphatic hydroxyl groups excluding tert-OH is 1. The first-order valence-corrected chi connectivity index (χ1v) is 11.2. The lowest BCUT2D eigenvalue weighted by molar-refractivity contribution is -0.192. The normalized spacial score (nSPS) is 14.1. The summed E-state index contributed by atoms with van der Waals surface area (Å²) in [5, 5.41) is 32.5. The van der Waals surface area contributed by atoms with Crippen molar-refractivity contribution >= 4 is 52.1 Å². The number of carboxylic acid groups (broad SMARTS) is 2. The number of aliphatic carboxylic acids is 2. The number of carboxylic acids is 2. The van der Waals surface area contributed by atoms with Crippen LogP contribution >= 0.6 is 11.6 Å². The minimum atomic E-state index is -2.81. The van der Waals surface area contributed by atoms with Crippen molar-refractivity contribution in [3.63, 3.8) is 0 Å². The zero-order valence-electron chi connectivity index (χ0n) is 20.0. The van der Waals surface area contributed by atoms with Crippen LogP contribution in [0, 0.1) is 0 Å². The topological polar surface area (TPSA) is 212 Å². The number of anilines is 2. The van der Waals surface area contributed by atoms with Crippen LogP contribution in [-0.2, 0) is 30.3 Å². The summed E-state index contributed by atoms with van der Waals surface area (Å²) in [6, 6.07) is 5.74. The summed E-state index contributed by atoms with van der Waals surface area (Å²) in [5.74, 6) is -4.12. The van der Waals surface area contributed by atoms with E-state index in [9.17, 15) is 29.7 Å². The van der Waals surface area contributed by atoms with Crippen molar-refractivity contribution in [3.8, 4) is 0 Å². The molecule has 0 aliphatic carbocycles. The van der Waals surface area contributed by atoms with Crippen molar-refractivity contribution in [2.75, 3.05) is 24.8 Å². The van der Waals surface area contributed by atoms with Crippen molar-refractivity contribution in [3.05, 3.63) is 41.4 Å². The van der Waals surface area contributed by atoms with Crippen molar-refractivity contribution in [1.82, 2.24) is 19.5 Å². The van der Waals surface area contributed by atoms with E-state index in [1.807, 2.05) is 0 Å². The van der Waals surface area contributed by atoms with Gasteiger partial charge < -0.3 is 35.8 Å². The number of ether oxygens (including phenoxy) is 2. The number of aromatic nitrogens is 4. The number of rotatable bonds is 12. The molecule has 3 aromatic rings. The molecule has 0 bridgehead atoms. The van der Waals surface area contributed by atoms with E-state index in [-0.39, 0.29) is 33.7 Å². The smallest absolute Gasteiger partial charge is 0.348 e. The van der Waals surface area contributed by atoms with Gasteiger partial charge in [-0.15, -0.1) is 0 Å². The molecule has 204 valence electrons. The first-order valence-electron chi connectivity index (χ1n) is 10.9. The van der Waals surface area contributed by atoms with Gasteiger partial charge in [0.1, 0.15) is 17.7 Å². The van der Waals surface area contributed by atoms with Gasteiger partial charge in [0.15, 0.2) is 11.5 Å². The molecule has 2 aromatic heterocycles. The maximum Gasteiger partial charge on any atom is 0.348 e. The number of nitrogens with one attached hydrogen (secondary N) is 1. The van der Waals surface area contributed by atoms with E-state index in [1.165, 1.54) is 31.2 Å². The molecule has 0 saturated carbocycles. The Labute approximate surface area is 219 Å². The lowest BCUT2D eigenvalue weighted by Crippen LogP contribution is -2.53. The Bertz CT molecular complexity index is 1320. The number of carbonyl (C=O) groups excluding carboxylic acids is 1. The summed E-state index contributed by atoms with van der Waals surface area (Å²) in [6.07, 6.45) is -5.42. The minimum Gasteiger partial charge on any atom is -0.479 e. The van der Waals surface area contributed by atoms with Crippen molar-refractivity contribution in [2.45, 2.75) is 37.4 Å². The number of hydrogen-bond acceptors (Lipinski definition) is 10. The summed E-state index contributed by atoms with van der Waals surface area (Å²) < 4.78 is 26.5. The number of nitrogen functional groups attached to an aromatic ring is 1. The summed E-state index contributed by atoms with van der Waals surface area (Å²) in [6.45, 7) is 0.475. The van der Waals surface area contributed by atoms with Crippen LogP contribution in [0.5, 0.6) is 0 Å². The van der Waals surface area contributed by atoms with Gasteiger partial charge in [0.2, 0.25) is 17.5 Å². The van der Waals surface area contributed by atoms with Crippen LogP contribution in [0.25, 0.3) is 11.2 Å². The predicted molar refractivity (Wildman–Crippen MR) is 130 cm³/mol. The molecule has 6 N–H and O–H groups in total. The molecule has 0 aliphatic heterocycles. The zero-order valence-corrected chi connectivity index (χ0v) is 20.8. The van der Waals surface area contributed by atoms with E-state index in [1.54, 1.807) is 0 Å². The fourth-order valence-corrected chi connectivity index (χ4v) is 3.75. The summed E-state index contributed by atoms with van der Waals surface area (Å²) >= 11 is 5.78. The highest BCUT2D eigenvalue weighted by atomic mass is 35.5. The van der Waals surface area contributed by atoms with Crippen LogP contribution in [0.2, 0.25) is 5.28 Å². The standard InChI is InChI=1S/C22H24ClFN6O8/c1-10(31)27-12-5-3-11(4-6-12)7-22(19(33)34,20(35)36)38-8-13(37-2)15(32)16(24)30-9-26-14-17(25)28-21(23)29-18(14)30/h3-6,9,13,15-16,32H,7-8H2,1-2H3,(H,27,31)(H,33,34)(H,35,36)(H2,25,28,29)/t13-,15-,16-/m1/s1. The highest BCUT2D eigenvalue weighted by molar-refractivity contribution is 6.28. The number of halogens is 2. The third-order valence-corrected chi connectivity index (χ3v) is 5.73. The zero-order chi connectivity index (χ0) is 28.2. The van der Waals surface area contributed by atoms with Gasteiger partial charge in [-0.25, -0.2) is 19.0 Å². The number of amides is 1. The Balaban J connectivity index is 1.82. The number of methoxy groups -OCH3 is 1. The van der Waals surface area contributed by atoms with Gasteiger partial charge in [0, 0.05) is 26.1 Å². The molecule has 2 heterocycles. The predicted octanol–water partition coefficient (Wildman–Crippen LogP) is 1.03. The molecule has 0 saturated heterocycles. The number of aliphatic hydroxyl groups is 1. The van der Waals surface area contributed by atoms with Gasteiger partial charge in [-0.2, -0.15) is 9.97 Å². The Morgan fingerprint density at radius 1 is 1.21 bits per heavy atom. The number of benzene rings is 1. The Morgan fingerprint density at radius 2 is 1.84 bits per heavy atom. The number of alkyl halides is 1. The molecule has 0 unspecified atom stereocenters. The Morgan fingerprint density at radius 3 is 2.39 bits per heavy atom. The summed E-state index contributed by atoms with van der Waals surface area (Å²) in [5.41, 5.74) is 3.46. The highest BCUT2D eigenvalue weighted by Gasteiger charge is 2.49. The second-order valence-electron chi connectivity index (χ2n) is 8.14. The molecule has 0 spiro atoms. The highest BCUT2D eigenvalue weighted by Crippen LogP contribution is 2.27. The minimum absolute atomic E-state index is 0.0229. The third kappa shape index (κ3) is 5.96. The molecule has 3 rings (SSSR count). The summed E-state index contributed by atoms with van der Waals surface area (Å²) in [4.78, 5) is 46.8. The Hall–Kier alpha value is -3.92. The second-order valence-corrected chi connectivity index (χ2v) is 8.48. The third-order valence-electron chi connectivity index (χ3n) is 5.56. The molecule has 0 radical (unpaired) electrons. The maximum atomic E-state index is 15.3. The van der Waals surface area contributed by atoms with Crippen LogP contribution in [0.3, 0.4) is 0 Å². The molecule has 16 heteroatoms. The molecule has 3 atom stereocenters. The SMILES string of the molecule is CO[C@H](COC(Cc1ccc(NC(C)=O)cc1)(C(=O)O)C(=O)O)[C@@H](O)[C@H](F)n1cnc2c(N)nc(Cl)nc21. The van der Waals surface area contributed by atoms with Gasteiger partial charge in [-0.1, -0.05) is 12.1 Å². The Kier molecular flexibility index (Phi) is 8.78. The average Bonchev–Trinajstić information content (AvgIpc) is 3.27. The molecule has 0 aliphatic rings. The number of carbonyl (C=O) groups is 3. The first kappa shape index (κ1) is 28.6. The maximum absolute atomic E-state index is 15.3. The van der Waals surface area contributed by atoms with E-state index in [2.05, 4.69) is 20.3 Å². The quantitative estimate of drug-likeness (QED) is 0.157. The number of imidazole rings is 1. The lowest BCUT2D eigenvalue weighted by Gasteiger charge is -2.30. The van der Waals surface area contributed by atoms with Gasteiger partial charge in [0.25, 0.3) is 5.60 Å². The second kappa shape index (κ2) is 11.6. The van der Waals surface area contributed by atoms with Crippen molar-refractivity contribution < 1.29 is 43.6 Å². The summed E-state index contributed by atoms with van der Waals surface area (Å²) in [7, 11) is 1.09. The fourth-order valence-electron chi connectivity index (χ4n) is 3.58. The van der Waals surface area contributed by atoms with Crippen LogP contribution in [0.15, 0.2) is 30.6 Å². The fraction of sp³-hybridized carbons (Fsp3) is 0.364. The van der Waals surface area contributed by atoms with Gasteiger partial charge in [-0.3, -0.25) is 9.36 Å². The monoisotopic (exact) mass is 554 g/mol. The number of nitrogens with zero attached hydrogens (tertiary/aromatic N) is 4. The van der Waals surface area contributed by atoms with Gasteiger partial charge >= 0.3 is 11.9 Å². The molecular formula is C22H24ClFN6O8. The molecule has 0 fully saturated rings. The van der Waals surface area contributed by atoms with Gasteiger partial charge in [0.05, 0.1) is 12.9 Å². The van der Waals surface area contributed by atoms with E-state index in [0.29, 0.717) is 5.69 Å². The molecule has 38 heavy (non-hydrogen) atoms. The van der Waals surface area contributed by atoms with Crippen molar-refractivity contribution in [2.24, 2.45) is 0 Å². The number of nitrogens with two attached hydrogens (primary N) is 1. The van der Waals surface area contributed by atoms with Crippen LogP contribution in [-0.4, -0.2) is 84.2 Å². The van der Waals surface area contributed by atoms with E-state index in [4.69, 9.17) is 26.8 Å². The van der Waals surface area contributed by atoms with Crippen LogP contribution in [0.1, 0.15) is 18.8 Å². The molecule has 1 amide bonds. The lowest BCUT2D eigenvalue weighted by atomic mass is 9.94. The van der Waals surface area contributed by atoms with E-state index in [0.717, 1.165) is 18.0 Å². The largest absolute Gasteiger partial charge is 0.479 e. The number of hydrogen-bond donors (Lipinski definition) is 5. The first-order chi connectivity index (χ1) is 17.9. The van der Waals surface area contributed by atoms with E-state index < -0.39 is 49.1 Å².